The van der Waals surface area contributed by atoms with Gasteiger partial charge in [0.15, 0.2) is 6.61 Å². The molecule has 1 aromatic rings. The zero-order valence-corrected chi connectivity index (χ0v) is 11.8. The van der Waals surface area contributed by atoms with E-state index in [-0.39, 0.29) is 6.61 Å². The molecule has 0 fully saturated rings. The number of nitrogens with zero attached hydrogens (tertiary/aromatic N) is 1. The van der Waals surface area contributed by atoms with Gasteiger partial charge in [0.1, 0.15) is 5.75 Å². The molecule has 1 rings (SSSR count). The lowest BCUT2D eigenvalue weighted by molar-refractivity contribution is -0.190. The third-order valence-electron chi connectivity index (χ3n) is 2.18. The highest BCUT2D eigenvalue weighted by Gasteiger charge is 2.10. The average molecular weight is 292 g/mol. The number of carbonyl (C=O) groups excluding carboxylic acids is 1. The molecule has 0 saturated carbocycles. The molecular formula is C12H15Cl2NO3. The van der Waals surface area contributed by atoms with Crippen molar-refractivity contribution < 1.29 is 14.4 Å². The highest BCUT2D eigenvalue weighted by atomic mass is 35.5. The molecule has 100 valence electrons. The van der Waals surface area contributed by atoms with Crippen LogP contribution in [0.25, 0.3) is 0 Å². The summed E-state index contributed by atoms with van der Waals surface area (Å²) in [6.45, 7) is 4.85. The first-order valence-corrected chi connectivity index (χ1v) is 6.36. The van der Waals surface area contributed by atoms with Gasteiger partial charge in [-0.25, -0.2) is 4.79 Å². The van der Waals surface area contributed by atoms with Crippen LogP contribution in [-0.4, -0.2) is 30.7 Å². The Labute approximate surface area is 116 Å². The maximum Gasteiger partial charge on any atom is 0.362 e. The maximum absolute atomic E-state index is 11.5. The molecule has 0 atom stereocenters. The second kappa shape index (κ2) is 7.46. The van der Waals surface area contributed by atoms with Crippen LogP contribution in [0, 0.1) is 0 Å². The highest BCUT2D eigenvalue weighted by molar-refractivity contribution is 6.35. The Balaban J connectivity index is 2.47. The summed E-state index contributed by atoms with van der Waals surface area (Å²) in [6, 6.07) is 4.79. The van der Waals surface area contributed by atoms with E-state index in [1.807, 2.05) is 13.8 Å². The monoisotopic (exact) mass is 291 g/mol. The summed E-state index contributed by atoms with van der Waals surface area (Å²) >= 11 is 11.6. The Hall–Kier alpha value is -0.970. The normalized spacial score (nSPS) is 10.5. The number of hydroxylamine groups is 2. The van der Waals surface area contributed by atoms with Gasteiger partial charge in [0, 0.05) is 18.1 Å². The van der Waals surface area contributed by atoms with E-state index in [4.69, 9.17) is 32.8 Å². The molecule has 0 heterocycles. The van der Waals surface area contributed by atoms with E-state index in [9.17, 15) is 4.79 Å². The number of ether oxygens (including phenoxy) is 1. The number of benzene rings is 1. The lowest BCUT2D eigenvalue weighted by atomic mass is 10.3. The zero-order chi connectivity index (χ0) is 13.5. The van der Waals surface area contributed by atoms with Gasteiger partial charge in [0.25, 0.3) is 0 Å². The molecule has 18 heavy (non-hydrogen) atoms. The minimum atomic E-state index is -0.468. The number of halogens is 2. The SMILES string of the molecule is CCN(CC)OC(=O)COc1ccc(Cl)cc1Cl. The molecule has 0 aromatic heterocycles. The van der Waals surface area contributed by atoms with Crippen LogP contribution in [0.4, 0.5) is 0 Å². The smallest absolute Gasteiger partial charge is 0.362 e. The van der Waals surface area contributed by atoms with Crippen LogP contribution < -0.4 is 4.74 Å². The van der Waals surface area contributed by atoms with Crippen molar-refractivity contribution in [3.05, 3.63) is 28.2 Å². The van der Waals surface area contributed by atoms with Crippen LogP contribution in [0.3, 0.4) is 0 Å². The predicted octanol–water partition coefficient (Wildman–Crippen LogP) is 3.17. The average Bonchev–Trinajstić information content (AvgIpc) is 2.35. The summed E-state index contributed by atoms with van der Waals surface area (Å²) in [4.78, 5) is 16.5. The van der Waals surface area contributed by atoms with E-state index in [1.54, 1.807) is 18.2 Å². The van der Waals surface area contributed by atoms with Crippen LogP contribution >= 0.6 is 23.2 Å². The first kappa shape index (κ1) is 15.1. The third kappa shape index (κ3) is 4.72. The molecule has 0 amide bonds. The Morgan fingerprint density at radius 2 is 1.94 bits per heavy atom. The fourth-order valence-corrected chi connectivity index (χ4v) is 1.72. The molecule has 0 bridgehead atoms. The molecule has 1 aromatic carbocycles. The zero-order valence-electron chi connectivity index (χ0n) is 10.3. The van der Waals surface area contributed by atoms with Crippen molar-refractivity contribution in [2.75, 3.05) is 19.7 Å². The summed E-state index contributed by atoms with van der Waals surface area (Å²) in [5.74, 6) is -0.0673. The van der Waals surface area contributed by atoms with Crippen molar-refractivity contribution in [1.29, 1.82) is 0 Å². The van der Waals surface area contributed by atoms with E-state index in [1.165, 1.54) is 5.06 Å². The van der Waals surface area contributed by atoms with E-state index in [2.05, 4.69) is 0 Å². The van der Waals surface area contributed by atoms with Crippen LogP contribution in [0.1, 0.15) is 13.8 Å². The molecule has 4 nitrogen and oxygen atoms in total. The largest absolute Gasteiger partial charge is 0.480 e. The summed E-state index contributed by atoms with van der Waals surface area (Å²) in [5, 5.41) is 2.41. The number of hydrogen-bond donors (Lipinski definition) is 0. The van der Waals surface area contributed by atoms with Gasteiger partial charge in [0.2, 0.25) is 0 Å². The minimum absolute atomic E-state index is 0.197. The molecule has 0 unspecified atom stereocenters. The van der Waals surface area contributed by atoms with E-state index in [0.717, 1.165) is 0 Å². The molecule has 0 aliphatic carbocycles. The van der Waals surface area contributed by atoms with Gasteiger partial charge in [-0.3, -0.25) is 0 Å². The van der Waals surface area contributed by atoms with Crippen molar-refractivity contribution in [2.45, 2.75) is 13.8 Å². The van der Waals surface area contributed by atoms with E-state index >= 15 is 0 Å². The molecule has 0 saturated heterocycles. The Bertz CT molecular complexity index is 408. The van der Waals surface area contributed by atoms with Gasteiger partial charge in [-0.15, -0.1) is 5.06 Å². The number of hydrogen-bond acceptors (Lipinski definition) is 4. The first-order valence-electron chi connectivity index (χ1n) is 5.60. The lowest BCUT2D eigenvalue weighted by Crippen LogP contribution is -2.29. The second-order valence-corrected chi connectivity index (χ2v) is 4.28. The maximum atomic E-state index is 11.5. The third-order valence-corrected chi connectivity index (χ3v) is 2.71. The van der Waals surface area contributed by atoms with Crippen LogP contribution in [0.15, 0.2) is 18.2 Å². The van der Waals surface area contributed by atoms with Gasteiger partial charge >= 0.3 is 5.97 Å². The lowest BCUT2D eigenvalue weighted by Gasteiger charge is -2.17. The summed E-state index contributed by atoms with van der Waals surface area (Å²) in [7, 11) is 0. The second-order valence-electron chi connectivity index (χ2n) is 3.44. The summed E-state index contributed by atoms with van der Waals surface area (Å²) < 4.78 is 5.25. The number of rotatable bonds is 6. The van der Waals surface area contributed by atoms with Gasteiger partial charge in [-0.2, -0.15) is 0 Å². The quantitative estimate of drug-likeness (QED) is 0.755. The van der Waals surface area contributed by atoms with Crippen molar-refractivity contribution in [3.63, 3.8) is 0 Å². The van der Waals surface area contributed by atoms with Gasteiger partial charge in [-0.1, -0.05) is 23.2 Å². The molecule has 0 N–H and O–H groups in total. The predicted molar refractivity (Wildman–Crippen MR) is 71.0 cm³/mol. The molecule has 0 aliphatic rings. The van der Waals surface area contributed by atoms with Crippen molar-refractivity contribution >= 4 is 29.2 Å². The Kier molecular flexibility index (Phi) is 6.25. The van der Waals surface area contributed by atoms with Crippen molar-refractivity contribution in [1.82, 2.24) is 5.06 Å². The van der Waals surface area contributed by atoms with E-state index in [0.29, 0.717) is 28.9 Å². The minimum Gasteiger partial charge on any atom is -0.480 e. The highest BCUT2D eigenvalue weighted by Crippen LogP contribution is 2.27. The fourth-order valence-electron chi connectivity index (χ4n) is 1.25. The van der Waals surface area contributed by atoms with Crippen LogP contribution in [0.2, 0.25) is 10.0 Å². The molecule has 6 heteroatoms. The molecule has 0 spiro atoms. The summed E-state index contributed by atoms with van der Waals surface area (Å²) in [6.07, 6.45) is 0. The molecule has 0 aliphatic heterocycles. The van der Waals surface area contributed by atoms with E-state index < -0.39 is 5.97 Å². The molecule has 0 radical (unpaired) electrons. The van der Waals surface area contributed by atoms with Crippen LogP contribution in [0.5, 0.6) is 5.75 Å². The number of carbonyl (C=O) groups is 1. The van der Waals surface area contributed by atoms with Crippen LogP contribution in [-0.2, 0) is 9.63 Å². The van der Waals surface area contributed by atoms with Crippen molar-refractivity contribution in [2.24, 2.45) is 0 Å². The Morgan fingerprint density at radius 1 is 1.28 bits per heavy atom. The Morgan fingerprint density at radius 3 is 2.50 bits per heavy atom. The van der Waals surface area contributed by atoms with Gasteiger partial charge in [0.05, 0.1) is 5.02 Å². The standard InChI is InChI=1S/C12H15Cl2NO3/c1-3-15(4-2)18-12(16)8-17-11-6-5-9(13)7-10(11)14/h5-7H,3-4,8H2,1-2H3. The first-order chi connectivity index (χ1) is 8.56. The van der Waals surface area contributed by atoms with Crippen molar-refractivity contribution in [3.8, 4) is 5.75 Å². The summed E-state index contributed by atoms with van der Waals surface area (Å²) in [5.41, 5.74) is 0. The fraction of sp³-hybridized carbons (Fsp3) is 0.417. The van der Waals surface area contributed by atoms with Gasteiger partial charge < -0.3 is 9.57 Å². The molecular weight excluding hydrogens is 277 g/mol. The van der Waals surface area contributed by atoms with Gasteiger partial charge in [-0.05, 0) is 32.0 Å². The topological polar surface area (TPSA) is 38.8 Å².